The number of carbonyl (C=O) groups is 1. The highest BCUT2D eigenvalue weighted by atomic mass is 32.2. The van der Waals surface area contributed by atoms with Crippen molar-refractivity contribution >= 4 is 23.4 Å². The van der Waals surface area contributed by atoms with Crippen molar-refractivity contribution in [2.24, 2.45) is 5.84 Å². The van der Waals surface area contributed by atoms with Gasteiger partial charge >= 0.3 is 0 Å². The summed E-state index contributed by atoms with van der Waals surface area (Å²) in [6.45, 7) is 8.09. The minimum Gasteiger partial charge on any atom is -0.348 e. The van der Waals surface area contributed by atoms with E-state index < -0.39 is 0 Å². The van der Waals surface area contributed by atoms with Crippen LogP contribution in [0.1, 0.15) is 56.3 Å². The summed E-state index contributed by atoms with van der Waals surface area (Å²) < 4.78 is 0. The molecule has 0 aliphatic carbocycles. The molecular weight excluding hydrogens is 286 g/mol. The average Bonchev–Trinajstić information content (AvgIpc) is 2.46. The Bertz CT molecular complexity index is 467. The first-order valence-corrected chi connectivity index (χ1v) is 8.37. The molecule has 0 aliphatic heterocycles. The van der Waals surface area contributed by atoms with E-state index in [1.54, 1.807) is 6.20 Å². The molecule has 6 nitrogen and oxygen atoms in total. The molecule has 1 amide bonds. The summed E-state index contributed by atoms with van der Waals surface area (Å²) in [4.78, 5) is 20.9. The van der Waals surface area contributed by atoms with Crippen LogP contribution in [0.15, 0.2) is 6.20 Å². The van der Waals surface area contributed by atoms with Crippen molar-refractivity contribution in [2.75, 3.05) is 16.9 Å². The Morgan fingerprint density at radius 3 is 2.71 bits per heavy atom. The second kappa shape index (κ2) is 8.84. The van der Waals surface area contributed by atoms with Crippen LogP contribution in [-0.4, -0.2) is 33.4 Å². The van der Waals surface area contributed by atoms with Gasteiger partial charge < -0.3 is 10.7 Å². The van der Waals surface area contributed by atoms with Gasteiger partial charge in [0.05, 0.1) is 11.9 Å². The van der Waals surface area contributed by atoms with Crippen molar-refractivity contribution in [3.8, 4) is 0 Å². The number of aromatic nitrogens is 2. The Kier molecular flexibility index (Phi) is 7.45. The topological polar surface area (TPSA) is 92.9 Å². The van der Waals surface area contributed by atoms with Crippen LogP contribution in [0.4, 0.5) is 5.69 Å². The van der Waals surface area contributed by atoms with Crippen LogP contribution in [0.5, 0.6) is 0 Å². The van der Waals surface area contributed by atoms with E-state index >= 15 is 0 Å². The molecule has 0 spiro atoms. The molecule has 0 radical (unpaired) electrons. The molecule has 21 heavy (non-hydrogen) atoms. The number of hydrogen-bond acceptors (Lipinski definition) is 6. The van der Waals surface area contributed by atoms with E-state index in [4.69, 9.17) is 5.84 Å². The van der Waals surface area contributed by atoms with E-state index in [0.717, 1.165) is 17.9 Å². The number of hydrogen-bond donors (Lipinski definition) is 3. The smallest absolute Gasteiger partial charge is 0.272 e. The van der Waals surface area contributed by atoms with E-state index in [-0.39, 0.29) is 17.9 Å². The van der Waals surface area contributed by atoms with Crippen LogP contribution >= 0.6 is 11.8 Å². The molecule has 118 valence electrons. The number of carbonyl (C=O) groups excluding carboxylic acids is 1. The van der Waals surface area contributed by atoms with Crippen molar-refractivity contribution in [3.05, 3.63) is 17.7 Å². The minimum absolute atomic E-state index is 0.0969. The van der Waals surface area contributed by atoms with Crippen LogP contribution < -0.4 is 16.6 Å². The van der Waals surface area contributed by atoms with E-state index in [1.165, 1.54) is 0 Å². The fraction of sp³-hybridized carbons (Fsp3) is 0.643. The molecule has 1 unspecified atom stereocenters. The van der Waals surface area contributed by atoms with Gasteiger partial charge in [0.2, 0.25) is 0 Å². The fourth-order valence-corrected chi connectivity index (χ4v) is 2.53. The summed E-state index contributed by atoms with van der Waals surface area (Å²) in [7, 11) is 0. The van der Waals surface area contributed by atoms with Crippen molar-refractivity contribution in [1.29, 1.82) is 0 Å². The van der Waals surface area contributed by atoms with E-state index in [9.17, 15) is 4.79 Å². The highest BCUT2D eigenvalue weighted by Crippen LogP contribution is 2.15. The largest absolute Gasteiger partial charge is 0.348 e. The summed E-state index contributed by atoms with van der Waals surface area (Å²) in [5.41, 5.74) is 3.21. The monoisotopic (exact) mass is 311 g/mol. The lowest BCUT2D eigenvalue weighted by atomic mass is 10.2. The highest BCUT2D eigenvalue weighted by molar-refractivity contribution is 7.99. The Morgan fingerprint density at radius 1 is 1.43 bits per heavy atom. The molecule has 7 heteroatoms. The van der Waals surface area contributed by atoms with Crippen molar-refractivity contribution in [1.82, 2.24) is 15.3 Å². The lowest BCUT2D eigenvalue weighted by Gasteiger charge is -2.15. The first-order chi connectivity index (χ1) is 9.99. The molecule has 0 saturated heterocycles. The zero-order valence-electron chi connectivity index (χ0n) is 13.1. The molecule has 0 aromatic carbocycles. The van der Waals surface area contributed by atoms with Gasteiger partial charge in [-0.3, -0.25) is 10.6 Å². The third-order valence-corrected chi connectivity index (χ3v) is 3.90. The van der Waals surface area contributed by atoms with E-state index in [1.807, 2.05) is 32.5 Å². The number of nitrogen functional groups attached to an aromatic ring is 1. The van der Waals surface area contributed by atoms with Gasteiger partial charge in [-0.15, -0.1) is 0 Å². The predicted molar refractivity (Wildman–Crippen MR) is 88.5 cm³/mol. The summed E-state index contributed by atoms with van der Waals surface area (Å²) >= 11 is 1.86. The molecule has 0 saturated carbocycles. The lowest BCUT2D eigenvalue weighted by Crippen LogP contribution is -2.34. The van der Waals surface area contributed by atoms with Gasteiger partial charge in [0.25, 0.3) is 5.91 Å². The second-order valence-corrected chi connectivity index (χ2v) is 6.54. The number of nitrogens with one attached hydrogen (secondary N) is 2. The summed E-state index contributed by atoms with van der Waals surface area (Å²) in [5, 5.41) is 2.96. The zero-order valence-corrected chi connectivity index (χ0v) is 14.0. The molecule has 0 aliphatic rings. The maximum absolute atomic E-state index is 12.3. The number of nitrogens with two attached hydrogens (primary N) is 1. The van der Waals surface area contributed by atoms with Gasteiger partial charge in [0.15, 0.2) is 5.69 Å². The number of anilines is 1. The van der Waals surface area contributed by atoms with Crippen molar-refractivity contribution < 1.29 is 4.79 Å². The first-order valence-electron chi connectivity index (χ1n) is 7.21. The van der Waals surface area contributed by atoms with Crippen molar-refractivity contribution in [3.63, 3.8) is 0 Å². The lowest BCUT2D eigenvalue weighted by molar-refractivity contribution is 0.0935. The molecular formula is C14H25N5OS. The third-order valence-electron chi connectivity index (χ3n) is 2.97. The fourth-order valence-electron chi connectivity index (χ4n) is 1.72. The molecule has 0 fully saturated rings. The van der Waals surface area contributed by atoms with Gasteiger partial charge in [-0.05, 0) is 24.9 Å². The molecule has 0 bridgehead atoms. The van der Waals surface area contributed by atoms with Gasteiger partial charge in [0, 0.05) is 12.0 Å². The maximum atomic E-state index is 12.3. The van der Waals surface area contributed by atoms with Crippen LogP contribution in [-0.2, 0) is 0 Å². The standard InChI is InChI=1S/C14H25N5OS/c1-5-21-7-6-10(4)17-14(20)12-11(19-15)8-16-13(18-12)9(2)3/h8-10,19H,5-7,15H2,1-4H3,(H,17,20). The average molecular weight is 311 g/mol. The highest BCUT2D eigenvalue weighted by Gasteiger charge is 2.17. The van der Waals surface area contributed by atoms with Gasteiger partial charge in [-0.2, -0.15) is 11.8 Å². The Morgan fingerprint density at radius 2 is 2.14 bits per heavy atom. The van der Waals surface area contributed by atoms with Crippen LogP contribution in [0.25, 0.3) is 0 Å². The van der Waals surface area contributed by atoms with Crippen LogP contribution in [0.3, 0.4) is 0 Å². The molecule has 1 heterocycles. The number of rotatable bonds is 8. The third kappa shape index (κ3) is 5.51. The second-order valence-electron chi connectivity index (χ2n) is 5.15. The molecule has 1 atom stereocenters. The van der Waals surface area contributed by atoms with Crippen LogP contribution in [0, 0.1) is 0 Å². The maximum Gasteiger partial charge on any atom is 0.272 e. The Balaban J connectivity index is 2.78. The predicted octanol–water partition coefficient (Wildman–Crippen LogP) is 2.15. The first kappa shape index (κ1) is 17.7. The number of thioether (sulfide) groups is 1. The molecule has 1 rings (SSSR count). The normalized spacial score (nSPS) is 12.3. The van der Waals surface area contributed by atoms with Crippen molar-refractivity contribution in [2.45, 2.75) is 46.1 Å². The van der Waals surface area contributed by atoms with Gasteiger partial charge in [0.1, 0.15) is 5.82 Å². The van der Waals surface area contributed by atoms with E-state index in [0.29, 0.717) is 17.2 Å². The zero-order chi connectivity index (χ0) is 15.8. The van der Waals surface area contributed by atoms with E-state index in [2.05, 4.69) is 27.6 Å². The molecule has 4 N–H and O–H groups in total. The molecule has 1 aromatic heterocycles. The number of amides is 1. The van der Waals surface area contributed by atoms with Gasteiger partial charge in [-0.25, -0.2) is 9.97 Å². The quantitative estimate of drug-likeness (QED) is 0.387. The number of nitrogens with zero attached hydrogens (tertiary/aromatic N) is 2. The van der Waals surface area contributed by atoms with Crippen LogP contribution in [0.2, 0.25) is 0 Å². The summed E-state index contributed by atoms with van der Waals surface area (Å²) in [6.07, 6.45) is 2.48. The molecule has 1 aromatic rings. The summed E-state index contributed by atoms with van der Waals surface area (Å²) in [5.74, 6) is 8.11. The Labute approximate surface area is 130 Å². The number of hydrazine groups is 1. The minimum atomic E-state index is -0.221. The SMILES string of the molecule is CCSCCC(C)NC(=O)c1nc(C(C)C)ncc1NN. The Hall–Kier alpha value is -1.34. The van der Waals surface area contributed by atoms with Gasteiger partial charge in [-0.1, -0.05) is 20.8 Å². The summed E-state index contributed by atoms with van der Waals surface area (Å²) in [6, 6.07) is 0.0969.